The van der Waals surface area contributed by atoms with Gasteiger partial charge in [-0.25, -0.2) is 14.8 Å². The van der Waals surface area contributed by atoms with E-state index in [0.717, 1.165) is 30.2 Å². The molecule has 1 aromatic rings. The Labute approximate surface area is 114 Å². The summed E-state index contributed by atoms with van der Waals surface area (Å²) in [5, 5.41) is 6.27. The fourth-order valence-electron chi connectivity index (χ4n) is 1.64. The summed E-state index contributed by atoms with van der Waals surface area (Å²) in [7, 11) is 1.37. The molecule has 0 aliphatic heterocycles. The van der Waals surface area contributed by atoms with Crippen LogP contribution in [0.5, 0.6) is 0 Å². The maximum atomic E-state index is 11.4. The zero-order chi connectivity index (χ0) is 14.4. The van der Waals surface area contributed by atoms with E-state index >= 15 is 0 Å². The van der Waals surface area contributed by atoms with E-state index < -0.39 is 6.04 Å². The standard InChI is InChI=1S/C13H22N4O2/c1-6-10-16-11(14-7-2)8(3)12(17-10)15-9(4)13(18)19-5/h9H,6-7H2,1-5H3,(H2,14,15,16,17). The summed E-state index contributed by atoms with van der Waals surface area (Å²) in [6, 6.07) is -0.446. The van der Waals surface area contributed by atoms with E-state index in [2.05, 4.69) is 20.6 Å². The second kappa shape index (κ2) is 6.92. The van der Waals surface area contributed by atoms with Crippen molar-refractivity contribution in [3.05, 3.63) is 11.4 Å². The first-order chi connectivity index (χ1) is 9.03. The second-order valence-corrected chi connectivity index (χ2v) is 4.24. The monoisotopic (exact) mass is 266 g/mol. The van der Waals surface area contributed by atoms with Gasteiger partial charge in [-0.2, -0.15) is 0 Å². The summed E-state index contributed by atoms with van der Waals surface area (Å²) in [6.45, 7) is 8.45. The Kier molecular flexibility index (Phi) is 5.54. The minimum Gasteiger partial charge on any atom is -0.467 e. The second-order valence-electron chi connectivity index (χ2n) is 4.24. The van der Waals surface area contributed by atoms with Crippen molar-refractivity contribution < 1.29 is 9.53 Å². The van der Waals surface area contributed by atoms with E-state index in [-0.39, 0.29) is 5.97 Å². The lowest BCUT2D eigenvalue weighted by Gasteiger charge is -2.17. The molecule has 0 radical (unpaired) electrons. The molecule has 1 rings (SSSR count). The first kappa shape index (κ1) is 15.2. The first-order valence-electron chi connectivity index (χ1n) is 6.49. The van der Waals surface area contributed by atoms with Crippen LogP contribution in [0.15, 0.2) is 0 Å². The predicted molar refractivity (Wildman–Crippen MR) is 75.4 cm³/mol. The average molecular weight is 266 g/mol. The SMILES string of the molecule is CCNc1nc(CC)nc(NC(C)C(=O)OC)c1C. The van der Waals surface area contributed by atoms with Crippen LogP contribution in [0.4, 0.5) is 11.6 Å². The highest BCUT2D eigenvalue weighted by Gasteiger charge is 2.16. The van der Waals surface area contributed by atoms with Gasteiger partial charge in [0, 0.05) is 18.5 Å². The normalized spacial score (nSPS) is 11.8. The lowest BCUT2D eigenvalue weighted by Crippen LogP contribution is -2.28. The number of ether oxygens (including phenoxy) is 1. The van der Waals surface area contributed by atoms with Crippen LogP contribution in [-0.2, 0) is 16.0 Å². The quantitative estimate of drug-likeness (QED) is 0.764. The fraction of sp³-hybridized carbons (Fsp3) is 0.615. The van der Waals surface area contributed by atoms with Gasteiger partial charge in [-0.1, -0.05) is 6.92 Å². The van der Waals surface area contributed by atoms with Crippen molar-refractivity contribution in [3.63, 3.8) is 0 Å². The highest BCUT2D eigenvalue weighted by Crippen LogP contribution is 2.21. The summed E-state index contributed by atoms with van der Waals surface area (Å²) in [4.78, 5) is 20.3. The third-order valence-corrected chi connectivity index (χ3v) is 2.76. The van der Waals surface area contributed by atoms with Gasteiger partial charge >= 0.3 is 5.97 Å². The lowest BCUT2D eigenvalue weighted by molar-refractivity contribution is -0.141. The number of nitrogens with zero attached hydrogens (tertiary/aromatic N) is 2. The zero-order valence-electron chi connectivity index (χ0n) is 12.2. The molecular weight excluding hydrogens is 244 g/mol. The van der Waals surface area contributed by atoms with Gasteiger partial charge in [0.05, 0.1) is 7.11 Å². The number of aryl methyl sites for hydroxylation is 1. The molecule has 0 aliphatic rings. The first-order valence-corrected chi connectivity index (χ1v) is 6.49. The van der Waals surface area contributed by atoms with Gasteiger partial charge in [-0.15, -0.1) is 0 Å². The molecule has 0 fully saturated rings. The van der Waals surface area contributed by atoms with Gasteiger partial charge < -0.3 is 15.4 Å². The molecule has 1 aromatic heterocycles. The number of rotatable bonds is 6. The highest BCUT2D eigenvalue weighted by atomic mass is 16.5. The molecule has 106 valence electrons. The Bertz CT molecular complexity index is 449. The summed E-state index contributed by atoms with van der Waals surface area (Å²) < 4.78 is 4.70. The Balaban J connectivity index is 3.04. The molecule has 0 bridgehead atoms. The number of methoxy groups -OCH3 is 1. The molecule has 0 spiro atoms. The maximum absolute atomic E-state index is 11.4. The Morgan fingerprint density at radius 3 is 2.47 bits per heavy atom. The number of carbonyl (C=O) groups excluding carboxylic acids is 1. The van der Waals surface area contributed by atoms with Gasteiger partial charge in [-0.3, -0.25) is 0 Å². The number of esters is 1. The fourth-order valence-corrected chi connectivity index (χ4v) is 1.64. The van der Waals surface area contributed by atoms with Gasteiger partial charge in [0.2, 0.25) is 0 Å². The maximum Gasteiger partial charge on any atom is 0.328 e. The molecule has 1 heterocycles. The van der Waals surface area contributed by atoms with Gasteiger partial charge in [0.1, 0.15) is 23.5 Å². The molecule has 1 atom stereocenters. The van der Waals surface area contributed by atoms with Gasteiger partial charge in [-0.05, 0) is 20.8 Å². The minimum absolute atomic E-state index is 0.318. The summed E-state index contributed by atoms with van der Waals surface area (Å²) >= 11 is 0. The molecule has 0 aromatic carbocycles. The minimum atomic E-state index is -0.446. The Morgan fingerprint density at radius 2 is 1.95 bits per heavy atom. The third kappa shape index (κ3) is 3.81. The molecule has 2 N–H and O–H groups in total. The van der Waals surface area contributed by atoms with Crippen molar-refractivity contribution in [2.45, 2.75) is 40.2 Å². The molecule has 19 heavy (non-hydrogen) atoms. The van der Waals surface area contributed by atoms with Crippen LogP contribution in [-0.4, -0.2) is 35.6 Å². The van der Waals surface area contributed by atoms with E-state index in [1.54, 1.807) is 6.92 Å². The van der Waals surface area contributed by atoms with Crippen molar-refractivity contribution in [2.24, 2.45) is 0 Å². The smallest absolute Gasteiger partial charge is 0.328 e. The summed E-state index contributed by atoms with van der Waals surface area (Å²) in [5.41, 5.74) is 0.898. The predicted octanol–water partition coefficient (Wildman–Crippen LogP) is 1.75. The number of nitrogens with one attached hydrogen (secondary N) is 2. The van der Waals surface area contributed by atoms with Crippen LogP contribution in [0.3, 0.4) is 0 Å². The lowest BCUT2D eigenvalue weighted by atomic mass is 10.2. The van der Waals surface area contributed by atoms with E-state index in [9.17, 15) is 4.79 Å². The molecule has 0 aliphatic carbocycles. The topological polar surface area (TPSA) is 76.1 Å². The van der Waals surface area contributed by atoms with Crippen LogP contribution in [0.1, 0.15) is 32.2 Å². The molecule has 0 saturated heterocycles. The number of hydrogen-bond donors (Lipinski definition) is 2. The number of carbonyl (C=O) groups is 1. The van der Waals surface area contributed by atoms with Crippen LogP contribution < -0.4 is 10.6 Å². The van der Waals surface area contributed by atoms with Crippen molar-refractivity contribution in [2.75, 3.05) is 24.3 Å². The van der Waals surface area contributed by atoms with E-state index in [1.165, 1.54) is 7.11 Å². The van der Waals surface area contributed by atoms with Crippen LogP contribution in [0.2, 0.25) is 0 Å². The molecule has 0 saturated carbocycles. The van der Waals surface area contributed by atoms with Crippen molar-refractivity contribution in [3.8, 4) is 0 Å². The Morgan fingerprint density at radius 1 is 1.32 bits per heavy atom. The third-order valence-electron chi connectivity index (χ3n) is 2.76. The van der Waals surface area contributed by atoms with Gasteiger partial charge in [0.25, 0.3) is 0 Å². The van der Waals surface area contributed by atoms with E-state index in [4.69, 9.17) is 4.74 Å². The van der Waals surface area contributed by atoms with E-state index in [0.29, 0.717) is 5.82 Å². The van der Waals surface area contributed by atoms with Crippen LogP contribution in [0.25, 0.3) is 0 Å². The highest BCUT2D eigenvalue weighted by molar-refractivity contribution is 5.79. The summed E-state index contributed by atoms with van der Waals surface area (Å²) in [6.07, 6.45) is 0.736. The van der Waals surface area contributed by atoms with Crippen molar-refractivity contribution in [1.29, 1.82) is 0 Å². The average Bonchev–Trinajstić information content (AvgIpc) is 2.42. The number of hydrogen-bond acceptors (Lipinski definition) is 6. The number of anilines is 2. The Hall–Kier alpha value is -1.85. The van der Waals surface area contributed by atoms with Crippen molar-refractivity contribution >= 4 is 17.6 Å². The molecule has 6 nitrogen and oxygen atoms in total. The van der Waals surface area contributed by atoms with Gasteiger partial charge in [0.15, 0.2) is 0 Å². The molecule has 0 amide bonds. The van der Waals surface area contributed by atoms with Crippen LogP contribution in [0, 0.1) is 6.92 Å². The van der Waals surface area contributed by atoms with Crippen molar-refractivity contribution in [1.82, 2.24) is 9.97 Å². The van der Waals surface area contributed by atoms with Crippen LogP contribution >= 0.6 is 0 Å². The molecule has 6 heteroatoms. The van der Waals surface area contributed by atoms with E-state index in [1.807, 2.05) is 20.8 Å². The molecular formula is C13H22N4O2. The zero-order valence-corrected chi connectivity index (χ0v) is 12.2. The largest absolute Gasteiger partial charge is 0.467 e. The molecule has 1 unspecified atom stereocenters. The summed E-state index contributed by atoms with van der Waals surface area (Å²) in [5.74, 6) is 1.89. The number of aromatic nitrogens is 2.